The van der Waals surface area contributed by atoms with Crippen molar-refractivity contribution in [1.29, 1.82) is 0 Å². The Morgan fingerprint density at radius 3 is 2.00 bits per heavy atom. The van der Waals surface area contributed by atoms with Gasteiger partial charge in [0.2, 0.25) is 0 Å². The molecule has 0 bridgehead atoms. The van der Waals surface area contributed by atoms with Crippen molar-refractivity contribution in [2.75, 3.05) is 6.61 Å². The van der Waals surface area contributed by atoms with Crippen LogP contribution < -0.4 is 14.2 Å². The van der Waals surface area contributed by atoms with E-state index in [4.69, 9.17) is 14.2 Å². The van der Waals surface area contributed by atoms with Crippen molar-refractivity contribution in [3.05, 3.63) is 18.2 Å². The Hall–Kier alpha value is -2.04. The van der Waals surface area contributed by atoms with Crippen LogP contribution in [0, 0.1) is 11.8 Å². The third-order valence-electron chi connectivity index (χ3n) is 3.80. The summed E-state index contributed by atoms with van der Waals surface area (Å²) >= 11 is 0. The third-order valence-corrected chi connectivity index (χ3v) is 3.80. The lowest BCUT2D eigenvalue weighted by molar-refractivity contribution is -0.140. The molecular weight excluding hydrogens is 332 g/mol. The van der Waals surface area contributed by atoms with E-state index in [0.29, 0.717) is 12.4 Å². The molecule has 0 amide bonds. The summed E-state index contributed by atoms with van der Waals surface area (Å²) in [5.41, 5.74) is 0. The Bertz CT molecular complexity index is 578. The monoisotopic (exact) mass is 364 g/mol. The molecular formula is C21H32O5. The summed E-state index contributed by atoms with van der Waals surface area (Å²) in [6.45, 7) is 9.78. The molecule has 0 aromatic heterocycles. The van der Waals surface area contributed by atoms with Crippen molar-refractivity contribution in [2.24, 2.45) is 11.8 Å². The summed E-state index contributed by atoms with van der Waals surface area (Å²) in [4.78, 5) is 23.8. The molecule has 146 valence electrons. The van der Waals surface area contributed by atoms with Crippen molar-refractivity contribution >= 4 is 11.9 Å². The van der Waals surface area contributed by atoms with Crippen LogP contribution in [0.4, 0.5) is 0 Å². The topological polar surface area (TPSA) is 61.8 Å². The molecule has 0 aliphatic rings. The second kappa shape index (κ2) is 11.6. The molecule has 0 N–H and O–H groups in total. The molecule has 0 aliphatic heterocycles. The zero-order valence-electron chi connectivity index (χ0n) is 16.7. The molecule has 26 heavy (non-hydrogen) atoms. The van der Waals surface area contributed by atoms with E-state index in [1.54, 1.807) is 45.9 Å². The average Bonchev–Trinajstić information content (AvgIpc) is 2.59. The van der Waals surface area contributed by atoms with Gasteiger partial charge in [-0.2, -0.15) is 0 Å². The number of rotatable bonds is 11. The summed E-state index contributed by atoms with van der Waals surface area (Å²) < 4.78 is 16.5. The number of ether oxygens (including phenoxy) is 3. The van der Waals surface area contributed by atoms with Gasteiger partial charge in [0, 0.05) is 6.07 Å². The van der Waals surface area contributed by atoms with Gasteiger partial charge in [-0.15, -0.1) is 0 Å². The Labute approximate surface area is 157 Å². The molecule has 0 atom stereocenters. The highest BCUT2D eigenvalue weighted by Crippen LogP contribution is 2.33. The first-order valence-corrected chi connectivity index (χ1v) is 9.55. The highest BCUT2D eigenvalue weighted by molar-refractivity contribution is 5.78. The van der Waals surface area contributed by atoms with Gasteiger partial charge >= 0.3 is 11.9 Å². The first kappa shape index (κ1) is 22.0. The van der Waals surface area contributed by atoms with Gasteiger partial charge in [-0.3, -0.25) is 9.59 Å². The van der Waals surface area contributed by atoms with E-state index in [2.05, 4.69) is 6.92 Å². The molecule has 5 heteroatoms. The van der Waals surface area contributed by atoms with Gasteiger partial charge in [0.1, 0.15) is 5.75 Å². The molecule has 1 aromatic rings. The zero-order chi connectivity index (χ0) is 19.5. The molecule has 1 rings (SSSR count). The molecule has 0 spiro atoms. The van der Waals surface area contributed by atoms with E-state index in [1.807, 2.05) is 0 Å². The Balaban J connectivity index is 2.78. The van der Waals surface area contributed by atoms with Crippen LogP contribution in [-0.4, -0.2) is 18.5 Å². The molecule has 0 radical (unpaired) electrons. The highest BCUT2D eigenvalue weighted by Gasteiger charge is 2.18. The van der Waals surface area contributed by atoms with E-state index in [9.17, 15) is 9.59 Å². The average molecular weight is 364 g/mol. The molecule has 0 unspecified atom stereocenters. The van der Waals surface area contributed by atoms with Crippen molar-refractivity contribution < 1.29 is 23.8 Å². The van der Waals surface area contributed by atoms with Gasteiger partial charge in [0.25, 0.3) is 0 Å². The fraction of sp³-hybridized carbons (Fsp3) is 0.619. The summed E-state index contributed by atoms with van der Waals surface area (Å²) in [5.74, 6) is -0.292. The minimum absolute atomic E-state index is 0.209. The first-order valence-electron chi connectivity index (χ1n) is 9.55. The lowest BCUT2D eigenvalue weighted by Gasteiger charge is -2.14. The van der Waals surface area contributed by atoms with Crippen molar-refractivity contribution in [2.45, 2.75) is 66.7 Å². The van der Waals surface area contributed by atoms with Gasteiger partial charge in [0.05, 0.1) is 18.4 Å². The molecule has 1 aromatic carbocycles. The largest absolute Gasteiger partial charge is 0.493 e. The predicted octanol–water partition coefficient (Wildman–Crippen LogP) is 5.16. The Kier molecular flexibility index (Phi) is 9.78. The van der Waals surface area contributed by atoms with Crippen LogP contribution in [0.5, 0.6) is 17.2 Å². The highest BCUT2D eigenvalue weighted by atomic mass is 16.6. The number of carbonyl (C=O) groups is 2. The molecule has 5 nitrogen and oxygen atoms in total. The molecule has 0 saturated carbocycles. The van der Waals surface area contributed by atoms with Gasteiger partial charge in [-0.1, -0.05) is 60.3 Å². The third kappa shape index (κ3) is 7.89. The lowest BCUT2D eigenvalue weighted by Crippen LogP contribution is -2.18. The van der Waals surface area contributed by atoms with Crippen molar-refractivity contribution in [3.63, 3.8) is 0 Å². The van der Waals surface area contributed by atoms with E-state index in [1.165, 1.54) is 19.3 Å². The number of unbranched alkanes of at least 4 members (excludes halogenated alkanes) is 4. The number of carbonyl (C=O) groups excluding carboxylic acids is 2. The molecule has 0 heterocycles. The van der Waals surface area contributed by atoms with Crippen LogP contribution in [0.1, 0.15) is 66.7 Å². The van der Waals surface area contributed by atoms with Crippen LogP contribution in [0.2, 0.25) is 0 Å². The molecule has 0 aliphatic carbocycles. The van der Waals surface area contributed by atoms with Crippen LogP contribution >= 0.6 is 0 Å². The quantitative estimate of drug-likeness (QED) is 0.308. The summed E-state index contributed by atoms with van der Waals surface area (Å²) in [6.07, 6.45) is 5.77. The first-order chi connectivity index (χ1) is 12.3. The van der Waals surface area contributed by atoms with E-state index >= 15 is 0 Å². The van der Waals surface area contributed by atoms with Crippen molar-refractivity contribution in [3.8, 4) is 17.2 Å². The Morgan fingerprint density at radius 1 is 0.846 bits per heavy atom. The standard InChI is InChI=1S/C21H32O5/c1-6-7-8-9-10-13-24-17-11-12-18(25-20(22)15(2)3)19(14-17)26-21(23)16(4)5/h11-12,14-16H,6-10,13H2,1-5H3. The maximum absolute atomic E-state index is 12.0. The van der Waals surface area contributed by atoms with Crippen molar-refractivity contribution in [1.82, 2.24) is 0 Å². The number of benzene rings is 1. The van der Waals surface area contributed by atoms with Crippen LogP contribution in [-0.2, 0) is 9.59 Å². The van der Waals surface area contributed by atoms with E-state index in [-0.39, 0.29) is 35.3 Å². The smallest absolute Gasteiger partial charge is 0.313 e. The summed E-state index contributed by atoms with van der Waals surface area (Å²) in [7, 11) is 0. The number of hydrogen-bond donors (Lipinski definition) is 0. The van der Waals surface area contributed by atoms with Gasteiger partial charge < -0.3 is 14.2 Å². The lowest BCUT2D eigenvalue weighted by atomic mass is 10.2. The maximum atomic E-state index is 12.0. The molecule has 0 saturated heterocycles. The zero-order valence-corrected chi connectivity index (χ0v) is 16.7. The van der Waals surface area contributed by atoms with Crippen LogP contribution in [0.3, 0.4) is 0 Å². The van der Waals surface area contributed by atoms with E-state index < -0.39 is 0 Å². The fourth-order valence-electron chi connectivity index (χ4n) is 2.09. The minimum atomic E-state index is -0.386. The van der Waals surface area contributed by atoms with Gasteiger partial charge in [0.15, 0.2) is 11.5 Å². The summed E-state index contributed by atoms with van der Waals surface area (Å²) in [5, 5.41) is 0. The second-order valence-corrected chi connectivity index (χ2v) is 7.02. The minimum Gasteiger partial charge on any atom is -0.493 e. The van der Waals surface area contributed by atoms with E-state index in [0.717, 1.165) is 12.8 Å². The number of esters is 2. The SMILES string of the molecule is CCCCCCCOc1ccc(OC(=O)C(C)C)c(OC(=O)C(C)C)c1. The fourth-order valence-corrected chi connectivity index (χ4v) is 2.09. The normalized spacial score (nSPS) is 10.9. The second-order valence-electron chi connectivity index (χ2n) is 7.02. The predicted molar refractivity (Wildman–Crippen MR) is 102 cm³/mol. The maximum Gasteiger partial charge on any atom is 0.313 e. The van der Waals surface area contributed by atoms with Crippen LogP contribution in [0.15, 0.2) is 18.2 Å². The summed E-state index contributed by atoms with van der Waals surface area (Å²) in [6, 6.07) is 4.94. The van der Waals surface area contributed by atoms with Gasteiger partial charge in [-0.05, 0) is 18.6 Å². The number of hydrogen-bond acceptors (Lipinski definition) is 5. The Morgan fingerprint density at radius 2 is 1.42 bits per heavy atom. The van der Waals surface area contributed by atoms with Crippen LogP contribution in [0.25, 0.3) is 0 Å². The molecule has 0 fully saturated rings. The van der Waals surface area contributed by atoms with Gasteiger partial charge in [-0.25, -0.2) is 0 Å².